The van der Waals surface area contributed by atoms with E-state index in [0.717, 1.165) is 57.9 Å². The maximum Gasteiger partial charge on any atom is 0.410 e. The van der Waals surface area contributed by atoms with E-state index in [2.05, 4.69) is 64.3 Å². The molecule has 8 nitrogen and oxygen atoms in total. The Morgan fingerprint density at radius 1 is 1.12 bits per heavy atom. The summed E-state index contributed by atoms with van der Waals surface area (Å²) in [5.41, 5.74) is 5.95. The molecule has 41 heavy (non-hydrogen) atoms. The van der Waals surface area contributed by atoms with Crippen LogP contribution < -0.4 is 4.90 Å². The van der Waals surface area contributed by atoms with Crippen molar-refractivity contribution in [3.05, 3.63) is 76.5 Å². The average molecular weight is 557 g/mol. The van der Waals surface area contributed by atoms with Crippen molar-refractivity contribution in [2.75, 3.05) is 31.1 Å². The molecule has 1 aromatic heterocycles. The van der Waals surface area contributed by atoms with Gasteiger partial charge in [0.25, 0.3) is 5.54 Å². The summed E-state index contributed by atoms with van der Waals surface area (Å²) >= 11 is 0. The fraction of sp³-hybridized carbons (Fsp3) is 0.485. The highest BCUT2D eigenvalue weighted by Crippen LogP contribution is 2.50. The lowest BCUT2D eigenvalue weighted by atomic mass is 9.97. The lowest BCUT2D eigenvalue weighted by Crippen LogP contribution is -2.64. The molecule has 216 valence electrons. The number of aryl methyl sites for hydroxylation is 3. The minimum atomic E-state index is -0.524. The average Bonchev–Trinajstić information content (AvgIpc) is 3.63. The molecule has 0 N–H and O–H groups in total. The molecule has 0 bridgehead atoms. The van der Waals surface area contributed by atoms with Crippen LogP contribution in [0.15, 0.2) is 47.0 Å². The molecule has 1 amide bonds. The van der Waals surface area contributed by atoms with Crippen LogP contribution in [0.2, 0.25) is 0 Å². The molecule has 2 heterocycles. The van der Waals surface area contributed by atoms with Crippen LogP contribution in [0.4, 0.5) is 16.2 Å². The fourth-order valence-corrected chi connectivity index (χ4v) is 5.57. The van der Waals surface area contributed by atoms with Gasteiger partial charge >= 0.3 is 6.09 Å². The Balaban J connectivity index is 1.37. The summed E-state index contributed by atoms with van der Waals surface area (Å²) in [6.07, 6.45) is 1.54. The minimum absolute atomic E-state index is 0.306. The number of carbonyl (C=O) groups excluding carboxylic acids is 1. The summed E-state index contributed by atoms with van der Waals surface area (Å²) in [6.45, 7) is 23.4. The molecule has 1 aliphatic heterocycles. The van der Waals surface area contributed by atoms with E-state index in [0.29, 0.717) is 26.2 Å². The van der Waals surface area contributed by atoms with Gasteiger partial charge in [-0.3, -0.25) is 0 Å². The first-order chi connectivity index (χ1) is 19.3. The summed E-state index contributed by atoms with van der Waals surface area (Å²) in [4.78, 5) is 20.3. The van der Waals surface area contributed by atoms with Crippen molar-refractivity contribution in [2.45, 2.75) is 78.0 Å². The molecule has 2 fully saturated rings. The molecule has 0 atom stereocenters. The summed E-state index contributed by atoms with van der Waals surface area (Å²) in [6, 6.07) is 14.8. The molecule has 3 aromatic rings. The van der Waals surface area contributed by atoms with Gasteiger partial charge < -0.3 is 28.6 Å². The van der Waals surface area contributed by atoms with Crippen LogP contribution in [-0.4, -0.2) is 53.6 Å². The molecule has 1 aliphatic carbocycles. The Hall–Kier alpha value is -3.83. The van der Waals surface area contributed by atoms with Gasteiger partial charge in [0, 0.05) is 41.9 Å². The van der Waals surface area contributed by atoms with Gasteiger partial charge in [0.05, 0.1) is 25.4 Å². The van der Waals surface area contributed by atoms with Gasteiger partial charge in [-0.05, 0) is 89.9 Å². The molecule has 5 rings (SSSR count). The van der Waals surface area contributed by atoms with E-state index in [4.69, 9.17) is 20.6 Å². The van der Waals surface area contributed by atoms with Crippen LogP contribution in [0, 0.1) is 27.3 Å². The van der Waals surface area contributed by atoms with Crippen molar-refractivity contribution in [3.8, 4) is 11.1 Å². The Labute approximate surface area is 243 Å². The third kappa shape index (κ3) is 5.96. The number of hydrogen-bond acceptors (Lipinski definition) is 6. The first-order valence-electron chi connectivity index (χ1n) is 14.3. The predicted octanol–water partition coefficient (Wildman–Crippen LogP) is 7.34. The second-order valence-corrected chi connectivity index (χ2v) is 12.7. The zero-order valence-corrected chi connectivity index (χ0v) is 25.2. The van der Waals surface area contributed by atoms with Crippen LogP contribution in [0.1, 0.15) is 63.1 Å². The van der Waals surface area contributed by atoms with Crippen LogP contribution in [-0.2, 0) is 15.0 Å². The number of benzene rings is 2. The number of amides is 1. The second kappa shape index (κ2) is 10.5. The summed E-state index contributed by atoms with van der Waals surface area (Å²) in [7, 11) is 0. The van der Waals surface area contributed by atoms with E-state index in [1.165, 1.54) is 0 Å². The van der Waals surface area contributed by atoms with Crippen molar-refractivity contribution in [1.82, 2.24) is 10.1 Å². The first kappa shape index (κ1) is 28.7. The monoisotopic (exact) mass is 556 g/mol. The normalized spacial score (nSPS) is 17.0. The lowest BCUT2D eigenvalue weighted by Gasteiger charge is -2.47. The van der Waals surface area contributed by atoms with Crippen molar-refractivity contribution >= 4 is 17.5 Å². The molecule has 0 spiro atoms. The standard InChI is InChI=1S/C33H40N4O4/c1-22-9-10-25(29-23(2)35-41-24(29)3)19-28(22)37(27-13-11-26(12-14-27)33(34-8)15-16-33)17-18-39-32(7)20-36(21-32)30(38)40-31(4,5)6/h9-14,19H,15-18,20-21H2,1-7H3. The maximum atomic E-state index is 12.4. The van der Waals surface area contributed by atoms with Crippen LogP contribution >= 0.6 is 0 Å². The minimum Gasteiger partial charge on any atom is -0.444 e. The van der Waals surface area contributed by atoms with Gasteiger partial charge in [0.1, 0.15) is 17.0 Å². The number of nitrogens with zero attached hydrogens (tertiary/aromatic N) is 4. The van der Waals surface area contributed by atoms with E-state index in [-0.39, 0.29) is 11.6 Å². The SMILES string of the molecule is [C-]#[N+]C1(c2ccc(N(CCOC3(C)CN(C(=O)OC(C)(C)C)C3)c3cc(-c4c(C)noc4C)ccc3C)cc2)CC1. The summed E-state index contributed by atoms with van der Waals surface area (Å²) in [5.74, 6) is 0.790. The number of carbonyl (C=O) groups is 1. The Morgan fingerprint density at radius 3 is 2.37 bits per heavy atom. The lowest BCUT2D eigenvalue weighted by molar-refractivity contribution is -0.126. The van der Waals surface area contributed by atoms with Crippen LogP contribution in [0.3, 0.4) is 0 Å². The number of aromatic nitrogens is 1. The molecule has 8 heteroatoms. The highest BCUT2D eigenvalue weighted by molar-refractivity contribution is 5.76. The van der Waals surface area contributed by atoms with Gasteiger partial charge in [-0.1, -0.05) is 17.3 Å². The largest absolute Gasteiger partial charge is 0.444 e. The van der Waals surface area contributed by atoms with Crippen molar-refractivity contribution in [3.63, 3.8) is 0 Å². The Kier molecular flexibility index (Phi) is 7.37. The number of rotatable bonds is 8. The molecular weight excluding hydrogens is 516 g/mol. The number of anilines is 2. The van der Waals surface area contributed by atoms with E-state index in [9.17, 15) is 4.79 Å². The van der Waals surface area contributed by atoms with E-state index in [1.807, 2.05) is 41.5 Å². The highest BCUT2D eigenvalue weighted by Gasteiger charge is 2.52. The van der Waals surface area contributed by atoms with E-state index >= 15 is 0 Å². The third-order valence-electron chi connectivity index (χ3n) is 7.94. The third-order valence-corrected chi connectivity index (χ3v) is 7.94. The van der Waals surface area contributed by atoms with Gasteiger partial charge in [-0.25, -0.2) is 11.4 Å². The van der Waals surface area contributed by atoms with Crippen molar-refractivity contribution in [2.24, 2.45) is 0 Å². The molecule has 0 radical (unpaired) electrons. The maximum absolute atomic E-state index is 12.4. The summed E-state index contributed by atoms with van der Waals surface area (Å²) in [5, 5.41) is 4.16. The molecule has 0 unspecified atom stereocenters. The fourth-order valence-electron chi connectivity index (χ4n) is 5.57. The Bertz CT molecular complexity index is 1450. The van der Waals surface area contributed by atoms with Crippen LogP contribution in [0.5, 0.6) is 0 Å². The van der Waals surface area contributed by atoms with Gasteiger partial charge in [-0.15, -0.1) is 0 Å². The predicted molar refractivity (Wildman–Crippen MR) is 159 cm³/mol. The second-order valence-electron chi connectivity index (χ2n) is 12.7. The quantitative estimate of drug-likeness (QED) is 0.270. The van der Waals surface area contributed by atoms with Crippen molar-refractivity contribution in [1.29, 1.82) is 0 Å². The zero-order chi connectivity index (χ0) is 29.6. The molecule has 2 aromatic carbocycles. The molecule has 1 saturated carbocycles. The number of likely N-dealkylation sites (tertiary alicyclic amines) is 1. The summed E-state index contributed by atoms with van der Waals surface area (Å²) < 4.78 is 17.3. The molecule has 2 aliphatic rings. The Morgan fingerprint density at radius 2 is 1.80 bits per heavy atom. The first-order valence-corrected chi connectivity index (χ1v) is 14.3. The topological polar surface area (TPSA) is 72.4 Å². The molecular formula is C33H40N4O4. The highest BCUT2D eigenvalue weighted by atomic mass is 16.6. The number of hydrogen-bond donors (Lipinski definition) is 0. The van der Waals surface area contributed by atoms with Crippen molar-refractivity contribution < 1.29 is 18.8 Å². The van der Waals surface area contributed by atoms with Gasteiger partial charge in [0.2, 0.25) is 0 Å². The van der Waals surface area contributed by atoms with Gasteiger partial charge in [0.15, 0.2) is 0 Å². The van der Waals surface area contributed by atoms with Gasteiger partial charge in [-0.2, -0.15) is 0 Å². The molecule has 1 saturated heterocycles. The smallest absolute Gasteiger partial charge is 0.410 e. The van der Waals surface area contributed by atoms with E-state index < -0.39 is 11.2 Å². The van der Waals surface area contributed by atoms with E-state index in [1.54, 1.807) is 4.90 Å². The van der Waals surface area contributed by atoms with Crippen LogP contribution in [0.25, 0.3) is 16.0 Å². The zero-order valence-electron chi connectivity index (χ0n) is 25.2. The number of ether oxygens (including phenoxy) is 2.